The fraction of sp³-hybridized carbons (Fsp3) is 0.381. The van der Waals surface area contributed by atoms with Crippen LogP contribution in [0.4, 0.5) is 11.4 Å². The van der Waals surface area contributed by atoms with Crippen molar-refractivity contribution in [2.24, 2.45) is 5.92 Å². The number of non-ortho nitro benzene ring substituents is 1. The summed E-state index contributed by atoms with van der Waals surface area (Å²) < 4.78 is 11.2. The zero-order chi connectivity index (χ0) is 20.1. The molecular weight excluding hydrogens is 360 g/mol. The van der Waals surface area contributed by atoms with Crippen molar-refractivity contribution in [3.8, 4) is 5.75 Å². The minimum atomic E-state index is -0.407. The van der Waals surface area contributed by atoms with E-state index in [9.17, 15) is 14.9 Å². The molecule has 3 rings (SSSR count). The molecule has 2 unspecified atom stereocenters. The van der Waals surface area contributed by atoms with Gasteiger partial charge in [-0.15, -0.1) is 0 Å². The molecule has 0 saturated heterocycles. The molecule has 0 aromatic heterocycles. The average Bonchev–Trinajstić information content (AvgIpc) is 2.68. The van der Waals surface area contributed by atoms with E-state index in [4.69, 9.17) is 9.47 Å². The van der Waals surface area contributed by atoms with Crippen molar-refractivity contribution in [3.63, 3.8) is 0 Å². The Balaban J connectivity index is 1.84. The van der Waals surface area contributed by atoms with Crippen LogP contribution in [0.2, 0.25) is 0 Å². The Labute approximate surface area is 164 Å². The standard InChI is InChI=1S/C21H24N2O5/c1-3-27-21(24)15(2)11-18-14-22(13-16-7-5-4-6-8-16)19-12-17(23(25)26)9-10-20(19)28-18/h4-10,12,15,18H,3,11,13-14H2,1-2H3. The van der Waals surface area contributed by atoms with Gasteiger partial charge in [-0.25, -0.2) is 0 Å². The van der Waals surface area contributed by atoms with Crippen LogP contribution in [0.5, 0.6) is 5.75 Å². The maximum absolute atomic E-state index is 12.0. The summed E-state index contributed by atoms with van der Waals surface area (Å²) in [7, 11) is 0. The van der Waals surface area contributed by atoms with E-state index < -0.39 is 4.92 Å². The Morgan fingerprint density at radius 2 is 2.07 bits per heavy atom. The minimum Gasteiger partial charge on any atom is -0.486 e. The largest absolute Gasteiger partial charge is 0.486 e. The van der Waals surface area contributed by atoms with Crippen LogP contribution in [0.15, 0.2) is 48.5 Å². The zero-order valence-corrected chi connectivity index (χ0v) is 16.0. The molecule has 1 aliphatic heterocycles. The number of nitrogens with zero attached hydrogens (tertiary/aromatic N) is 2. The van der Waals surface area contributed by atoms with Crippen LogP contribution < -0.4 is 9.64 Å². The molecule has 2 aromatic carbocycles. The summed E-state index contributed by atoms with van der Waals surface area (Å²) in [6, 6.07) is 14.5. The van der Waals surface area contributed by atoms with E-state index in [0.717, 1.165) is 5.56 Å². The fourth-order valence-corrected chi connectivity index (χ4v) is 3.38. The van der Waals surface area contributed by atoms with Gasteiger partial charge in [-0.05, 0) is 25.0 Å². The highest BCUT2D eigenvalue weighted by molar-refractivity contribution is 5.72. The lowest BCUT2D eigenvalue weighted by molar-refractivity contribution is -0.384. The summed E-state index contributed by atoms with van der Waals surface area (Å²) in [5.41, 5.74) is 1.82. The van der Waals surface area contributed by atoms with Crippen molar-refractivity contribution in [2.45, 2.75) is 32.9 Å². The van der Waals surface area contributed by atoms with Crippen molar-refractivity contribution >= 4 is 17.3 Å². The molecule has 0 spiro atoms. The fourth-order valence-electron chi connectivity index (χ4n) is 3.38. The molecular formula is C21H24N2O5. The van der Waals surface area contributed by atoms with Crippen molar-refractivity contribution in [2.75, 3.05) is 18.1 Å². The number of anilines is 1. The second kappa shape index (κ2) is 8.73. The number of esters is 1. The predicted octanol–water partition coefficient (Wildman–Crippen LogP) is 3.95. The number of hydrogen-bond acceptors (Lipinski definition) is 6. The summed E-state index contributed by atoms with van der Waals surface area (Å²) >= 11 is 0. The first-order valence-corrected chi connectivity index (χ1v) is 9.38. The molecule has 7 heteroatoms. The van der Waals surface area contributed by atoms with Crippen LogP contribution in [0.3, 0.4) is 0 Å². The second-order valence-corrected chi connectivity index (χ2v) is 6.90. The van der Waals surface area contributed by atoms with Crippen LogP contribution in [0.25, 0.3) is 0 Å². The second-order valence-electron chi connectivity index (χ2n) is 6.90. The molecule has 0 N–H and O–H groups in total. The van der Waals surface area contributed by atoms with E-state index in [1.165, 1.54) is 6.07 Å². The number of nitro benzene ring substituents is 1. The number of benzene rings is 2. The first-order chi connectivity index (χ1) is 13.5. The van der Waals surface area contributed by atoms with Gasteiger partial charge in [-0.3, -0.25) is 14.9 Å². The van der Waals surface area contributed by atoms with Gasteiger partial charge < -0.3 is 14.4 Å². The Morgan fingerprint density at radius 1 is 1.32 bits per heavy atom. The highest BCUT2D eigenvalue weighted by atomic mass is 16.6. The van der Waals surface area contributed by atoms with E-state index in [-0.39, 0.29) is 23.7 Å². The number of carbonyl (C=O) groups excluding carboxylic acids is 1. The van der Waals surface area contributed by atoms with Crippen LogP contribution in [-0.4, -0.2) is 30.1 Å². The quantitative estimate of drug-likeness (QED) is 0.408. The molecule has 7 nitrogen and oxygen atoms in total. The number of ether oxygens (including phenoxy) is 2. The number of carbonyl (C=O) groups is 1. The summed E-state index contributed by atoms with van der Waals surface area (Å²) in [4.78, 5) is 24.8. The smallest absolute Gasteiger partial charge is 0.308 e. The lowest BCUT2D eigenvalue weighted by atomic mass is 10.0. The van der Waals surface area contributed by atoms with Gasteiger partial charge in [0, 0.05) is 18.7 Å². The van der Waals surface area contributed by atoms with Gasteiger partial charge in [0.05, 0.1) is 29.7 Å². The normalized spacial score (nSPS) is 16.6. The minimum absolute atomic E-state index is 0.0266. The van der Waals surface area contributed by atoms with E-state index in [1.54, 1.807) is 19.1 Å². The molecule has 1 aliphatic rings. The average molecular weight is 384 g/mol. The number of fused-ring (bicyclic) bond motifs is 1. The van der Waals surface area contributed by atoms with E-state index >= 15 is 0 Å². The lowest BCUT2D eigenvalue weighted by Gasteiger charge is -2.37. The maximum Gasteiger partial charge on any atom is 0.308 e. The molecule has 0 aliphatic carbocycles. The molecule has 0 saturated carbocycles. The van der Waals surface area contributed by atoms with Crippen LogP contribution >= 0.6 is 0 Å². The van der Waals surface area contributed by atoms with Crippen LogP contribution in [0, 0.1) is 16.0 Å². The van der Waals surface area contributed by atoms with Gasteiger partial charge in [0.15, 0.2) is 0 Å². The topological polar surface area (TPSA) is 81.9 Å². The number of nitro groups is 1. The van der Waals surface area contributed by atoms with Gasteiger partial charge in [0.2, 0.25) is 0 Å². The molecule has 0 radical (unpaired) electrons. The number of hydrogen-bond donors (Lipinski definition) is 0. The van der Waals surface area contributed by atoms with Crippen LogP contribution in [0.1, 0.15) is 25.8 Å². The Morgan fingerprint density at radius 3 is 2.75 bits per heavy atom. The van der Waals surface area contributed by atoms with Crippen molar-refractivity contribution < 1.29 is 19.2 Å². The van der Waals surface area contributed by atoms with E-state index in [2.05, 4.69) is 4.90 Å². The third-order valence-electron chi connectivity index (χ3n) is 4.73. The Bertz CT molecular complexity index is 840. The Hall–Kier alpha value is -3.09. The molecule has 0 amide bonds. The molecule has 2 aromatic rings. The van der Waals surface area contributed by atoms with Gasteiger partial charge in [-0.1, -0.05) is 37.3 Å². The molecule has 1 heterocycles. The maximum atomic E-state index is 12.0. The highest BCUT2D eigenvalue weighted by Crippen LogP contribution is 2.38. The molecule has 2 atom stereocenters. The van der Waals surface area contributed by atoms with Crippen molar-refractivity contribution in [1.82, 2.24) is 0 Å². The number of rotatable bonds is 7. The monoisotopic (exact) mass is 384 g/mol. The first-order valence-electron chi connectivity index (χ1n) is 9.38. The van der Waals surface area contributed by atoms with Gasteiger partial charge in [-0.2, -0.15) is 0 Å². The van der Waals surface area contributed by atoms with Gasteiger partial charge in [0.25, 0.3) is 5.69 Å². The predicted molar refractivity (Wildman–Crippen MR) is 105 cm³/mol. The molecule has 0 fully saturated rings. The van der Waals surface area contributed by atoms with E-state index in [0.29, 0.717) is 37.6 Å². The Kier molecular flexibility index (Phi) is 6.13. The van der Waals surface area contributed by atoms with Crippen molar-refractivity contribution in [3.05, 3.63) is 64.2 Å². The lowest BCUT2D eigenvalue weighted by Crippen LogP contribution is -2.41. The van der Waals surface area contributed by atoms with E-state index in [1.807, 2.05) is 37.3 Å². The highest BCUT2D eigenvalue weighted by Gasteiger charge is 2.30. The van der Waals surface area contributed by atoms with Gasteiger partial charge >= 0.3 is 5.97 Å². The van der Waals surface area contributed by atoms with Crippen LogP contribution in [-0.2, 0) is 16.1 Å². The third-order valence-corrected chi connectivity index (χ3v) is 4.73. The first kappa shape index (κ1) is 19.7. The molecule has 28 heavy (non-hydrogen) atoms. The summed E-state index contributed by atoms with van der Waals surface area (Å²) in [5.74, 6) is 0.0622. The third kappa shape index (κ3) is 4.60. The molecule has 148 valence electrons. The summed E-state index contributed by atoms with van der Waals surface area (Å²) in [6.45, 7) is 5.09. The zero-order valence-electron chi connectivity index (χ0n) is 16.0. The summed E-state index contributed by atoms with van der Waals surface area (Å²) in [5, 5.41) is 11.2. The summed E-state index contributed by atoms with van der Waals surface area (Å²) in [6.07, 6.45) is 0.303. The molecule has 0 bridgehead atoms. The van der Waals surface area contributed by atoms with Gasteiger partial charge in [0.1, 0.15) is 11.9 Å². The van der Waals surface area contributed by atoms with Crippen molar-refractivity contribution in [1.29, 1.82) is 0 Å². The SMILES string of the molecule is CCOC(=O)C(C)CC1CN(Cc2ccccc2)c2cc([N+](=O)[O-])ccc2O1.